The van der Waals surface area contributed by atoms with E-state index in [1.165, 1.54) is 0 Å². The Kier molecular flexibility index (Phi) is 3.73. The second-order valence-corrected chi connectivity index (χ2v) is 5.49. The summed E-state index contributed by atoms with van der Waals surface area (Å²) < 4.78 is 49.0. The van der Waals surface area contributed by atoms with Crippen molar-refractivity contribution in [3.8, 4) is 0 Å². The SMILES string of the molecule is CC(C)N(C)c1cc(F)c(S(N)(=O)=O)c(F)c1. The highest BCUT2D eigenvalue weighted by Crippen LogP contribution is 2.24. The van der Waals surface area contributed by atoms with Gasteiger partial charge in [-0.3, -0.25) is 0 Å². The van der Waals surface area contributed by atoms with E-state index in [0.29, 0.717) is 0 Å². The molecule has 96 valence electrons. The molecule has 0 atom stereocenters. The zero-order valence-electron chi connectivity index (χ0n) is 9.74. The summed E-state index contributed by atoms with van der Waals surface area (Å²) in [5.41, 5.74) is 0.252. The molecule has 0 aromatic heterocycles. The first-order chi connectivity index (χ1) is 7.64. The van der Waals surface area contributed by atoms with E-state index in [4.69, 9.17) is 5.14 Å². The van der Waals surface area contributed by atoms with Gasteiger partial charge in [0.15, 0.2) is 4.90 Å². The lowest BCUT2D eigenvalue weighted by molar-refractivity contribution is 0.519. The molecular formula is C10H14F2N2O2S. The highest BCUT2D eigenvalue weighted by atomic mass is 32.2. The highest BCUT2D eigenvalue weighted by molar-refractivity contribution is 7.89. The Hall–Kier alpha value is -1.21. The molecule has 0 saturated carbocycles. The van der Waals surface area contributed by atoms with Crippen LogP contribution in [-0.2, 0) is 10.0 Å². The van der Waals surface area contributed by atoms with E-state index in [-0.39, 0.29) is 11.7 Å². The van der Waals surface area contributed by atoms with Crippen molar-refractivity contribution in [1.29, 1.82) is 0 Å². The van der Waals surface area contributed by atoms with Crippen LogP contribution in [0.1, 0.15) is 13.8 Å². The van der Waals surface area contributed by atoms with Gasteiger partial charge in [-0.05, 0) is 26.0 Å². The van der Waals surface area contributed by atoms with Crippen LogP contribution in [-0.4, -0.2) is 21.5 Å². The molecule has 1 rings (SSSR count). The van der Waals surface area contributed by atoms with Crippen molar-refractivity contribution in [3.63, 3.8) is 0 Å². The fourth-order valence-corrected chi connectivity index (χ4v) is 1.98. The van der Waals surface area contributed by atoms with Crippen molar-refractivity contribution in [2.75, 3.05) is 11.9 Å². The van der Waals surface area contributed by atoms with E-state index < -0.39 is 26.6 Å². The average Bonchev–Trinajstić information content (AvgIpc) is 2.12. The Bertz CT molecular complexity index is 506. The fourth-order valence-electron chi connectivity index (χ4n) is 1.32. The highest BCUT2D eigenvalue weighted by Gasteiger charge is 2.22. The van der Waals surface area contributed by atoms with Crippen LogP contribution in [0.25, 0.3) is 0 Å². The fraction of sp³-hybridized carbons (Fsp3) is 0.400. The number of benzene rings is 1. The molecule has 7 heteroatoms. The number of nitrogens with two attached hydrogens (primary N) is 1. The summed E-state index contributed by atoms with van der Waals surface area (Å²) in [6.07, 6.45) is 0. The first-order valence-electron chi connectivity index (χ1n) is 4.89. The van der Waals surface area contributed by atoms with Crippen molar-refractivity contribution in [3.05, 3.63) is 23.8 Å². The molecule has 1 aromatic carbocycles. The zero-order valence-corrected chi connectivity index (χ0v) is 10.6. The molecule has 0 heterocycles. The Morgan fingerprint density at radius 1 is 1.24 bits per heavy atom. The van der Waals surface area contributed by atoms with Gasteiger partial charge in [-0.1, -0.05) is 0 Å². The van der Waals surface area contributed by atoms with Crippen LogP contribution in [0.2, 0.25) is 0 Å². The van der Waals surface area contributed by atoms with E-state index in [1.807, 2.05) is 13.8 Å². The van der Waals surface area contributed by atoms with Crippen molar-refractivity contribution >= 4 is 15.7 Å². The van der Waals surface area contributed by atoms with E-state index in [9.17, 15) is 17.2 Å². The first-order valence-corrected chi connectivity index (χ1v) is 6.44. The quantitative estimate of drug-likeness (QED) is 0.899. The van der Waals surface area contributed by atoms with Crippen molar-refractivity contribution < 1.29 is 17.2 Å². The molecule has 0 radical (unpaired) electrons. The molecule has 0 fully saturated rings. The Morgan fingerprint density at radius 2 is 1.65 bits per heavy atom. The number of primary sulfonamides is 1. The monoisotopic (exact) mass is 264 g/mol. The number of hydrogen-bond acceptors (Lipinski definition) is 3. The largest absolute Gasteiger partial charge is 0.372 e. The smallest absolute Gasteiger partial charge is 0.243 e. The van der Waals surface area contributed by atoms with Crippen molar-refractivity contribution in [1.82, 2.24) is 0 Å². The zero-order chi connectivity index (χ0) is 13.4. The molecule has 0 aliphatic heterocycles. The standard InChI is InChI=1S/C10H14F2N2O2S/c1-6(2)14(3)7-4-8(11)10(9(12)5-7)17(13,15)16/h4-6H,1-3H3,(H2,13,15,16). The molecular weight excluding hydrogens is 250 g/mol. The molecule has 0 amide bonds. The second-order valence-electron chi connectivity index (χ2n) is 3.99. The van der Waals surface area contributed by atoms with Gasteiger partial charge in [-0.2, -0.15) is 0 Å². The maximum atomic E-state index is 13.5. The number of nitrogens with zero attached hydrogens (tertiary/aromatic N) is 1. The number of sulfonamides is 1. The third-order valence-electron chi connectivity index (χ3n) is 2.45. The van der Waals surface area contributed by atoms with E-state index >= 15 is 0 Å². The van der Waals surface area contributed by atoms with Crippen LogP contribution in [0.3, 0.4) is 0 Å². The minimum Gasteiger partial charge on any atom is -0.372 e. The normalized spacial score (nSPS) is 11.9. The molecule has 1 aromatic rings. The predicted molar refractivity (Wildman–Crippen MR) is 61.3 cm³/mol. The summed E-state index contributed by atoms with van der Waals surface area (Å²) in [7, 11) is -2.75. The molecule has 17 heavy (non-hydrogen) atoms. The molecule has 0 aliphatic carbocycles. The van der Waals surface area contributed by atoms with Gasteiger partial charge in [-0.15, -0.1) is 0 Å². The molecule has 0 saturated heterocycles. The van der Waals surface area contributed by atoms with E-state index in [0.717, 1.165) is 12.1 Å². The molecule has 0 unspecified atom stereocenters. The summed E-state index contributed by atoms with van der Waals surface area (Å²) in [5, 5.41) is 4.72. The van der Waals surface area contributed by atoms with Crippen LogP contribution in [0, 0.1) is 11.6 Å². The molecule has 0 spiro atoms. The number of rotatable bonds is 3. The predicted octanol–water partition coefficient (Wildman–Crippen LogP) is 1.46. The van der Waals surface area contributed by atoms with Crippen LogP contribution in [0.4, 0.5) is 14.5 Å². The average molecular weight is 264 g/mol. The Labute approximate surface area is 99.1 Å². The second kappa shape index (κ2) is 4.58. The van der Waals surface area contributed by atoms with Gasteiger partial charge >= 0.3 is 0 Å². The van der Waals surface area contributed by atoms with E-state index in [2.05, 4.69) is 0 Å². The Morgan fingerprint density at radius 3 is 1.94 bits per heavy atom. The lowest BCUT2D eigenvalue weighted by atomic mass is 10.2. The van der Waals surface area contributed by atoms with Crippen molar-refractivity contribution in [2.45, 2.75) is 24.8 Å². The van der Waals surface area contributed by atoms with Crippen LogP contribution in [0.15, 0.2) is 17.0 Å². The topological polar surface area (TPSA) is 63.4 Å². The van der Waals surface area contributed by atoms with Crippen LogP contribution >= 0.6 is 0 Å². The van der Waals surface area contributed by atoms with Gasteiger partial charge in [0, 0.05) is 18.8 Å². The van der Waals surface area contributed by atoms with Crippen molar-refractivity contribution in [2.24, 2.45) is 5.14 Å². The molecule has 4 nitrogen and oxygen atoms in total. The lowest BCUT2D eigenvalue weighted by Gasteiger charge is -2.24. The summed E-state index contributed by atoms with van der Waals surface area (Å²) in [6.45, 7) is 3.67. The van der Waals surface area contributed by atoms with E-state index in [1.54, 1.807) is 11.9 Å². The van der Waals surface area contributed by atoms with Gasteiger partial charge in [0.2, 0.25) is 10.0 Å². The van der Waals surface area contributed by atoms with Gasteiger partial charge < -0.3 is 4.90 Å². The minimum absolute atomic E-state index is 0.0223. The number of anilines is 1. The van der Waals surface area contributed by atoms with Crippen LogP contribution < -0.4 is 10.0 Å². The molecule has 0 aliphatic rings. The van der Waals surface area contributed by atoms with Crippen LogP contribution in [0.5, 0.6) is 0 Å². The number of hydrogen-bond donors (Lipinski definition) is 1. The summed E-state index contributed by atoms with van der Waals surface area (Å²) in [6, 6.07) is 1.92. The molecule has 0 bridgehead atoms. The van der Waals surface area contributed by atoms with Gasteiger partial charge in [0.1, 0.15) is 11.6 Å². The Balaban J connectivity index is 3.38. The first kappa shape index (κ1) is 13.9. The van der Waals surface area contributed by atoms with Gasteiger partial charge in [0.05, 0.1) is 0 Å². The maximum absolute atomic E-state index is 13.5. The van der Waals surface area contributed by atoms with Gasteiger partial charge in [0.25, 0.3) is 0 Å². The minimum atomic E-state index is -4.40. The third-order valence-corrected chi connectivity index (χ3v) is 3.41. The summed E-state index contributed by atoms with van der Waals surface area (Å²) in [4.78, 5) is 0.511. The number of halogens is 2. The third kappa shape index (κ3) is 2.92. The maximum Gasteiger partial charge on any atom is 0.243 e. The lowest BCUT2D eigenvalue weighted by Crippen LogP contribution is -2.26. The molecule has 2 N–H and O–H groups in total. The summed E-state index contributed by atoms with van der Waals surface area (Å²) >= 11 is 0. The summed E-state index contributed by atoms with van der Waals surface area (Å²) in [5.74, 6) is -2.37. The van der Waals surface area contributed by atoms with Gasteiger partial charge in [-0.25, -0.2) is 22.3 Å².